The molecule has 1 heterocycles. The van der Waals surface area contributed by atoms with Crippen LogP contribution in [0.2, 0.25) is 0 Å². The van der Waals surface area contributed by atoms with Gasteiger partial charge >= 0.3 is 0 Å². The van der Waals surface area contributed by atoms with Gasteiger partial charge in [0.1, 0.15) is 0 Å². The maximum Gasteiger partial charge on any atom is 0.234 e. The summed E-state index contributed by atoms with van der Waals surface area (Å²) >= 11 is 0. The van der Waals surface area contributed by atoms with Crippen LogP contribution >= 0.6 is 0 Å². The van der Waals surface area contributed by atoms with Gasteiger partial charge in [0.2, 0.25) is 11.8 Å². The largest absolute Gasteiger partial charge is 0.355 e. The lowest BCUT2D eigenvalue weighted by Crippen LogP contribution is -2.44. The van der Waals surface area contributed by atoms with Crippen LogP contribution < -0.4 is 10.6 Å². The average molecular weight is 359 g/mol. The summed E-state index contributed by atoms with van der Waals surface area (Å²) in [5, 5.41) is 5.44. The quantitative estimate of drug-likeness (QED) is 0.571. The molecule has 1 fully saturated rings. The highest BCUT2D eigenvalue weighted by Crippen LogP contribution is 2.23. The fourth-order valence-corrected chi connectivity index (χ4v) is 3.36. The van der Waals surface area contributed by atoms with Gasteiger partial charge in [-0.15, -0.1) is 0 Å². The van der Waals surface area contributed by atoms with Crippen LogP contribution in [0.4, 0.5) is 0 Å². The first-order valence-corrected chi connectivity index (χ1v) is 9.21. The second kappa shape index (κ2) is 9.48. The monoisotopic (exact) mass is 359 g/mol. The summed E-state index contributed by atoms with van der Waals surface area (Å²) in [6, 6.07) is 5.97. The van der Waals surface area contributed by atoms with Gasteiger partial charge in [-0.2, -0.15) is 0 Å². The molecule has 0 aliphatic carbocycles. The average Bonchev–Trinajstić information content (AvgIpc) is 2.59. The molecule has 1 aromatic carbocycles. The molecule has 0 unspecified atom stereocenters. The third-order valence-electron chi connectivity index (χ3n) is 4.79. The molecule has 2 N–H and O–H groups in total. The Kier molecular flexibility index (Phi) is 7.33. The number of ketones is 1. The third-order valence-corrected chi connectivity index (χ3v) is 4.79. The molecule has 6 heteroatoms. The molecule has 0 radical (unpaired) electrons. The minimum atomic E-state index is -0.102. The van der Waals surface area contributed by atoms with E-state index in [1.54, 1.807) is 0 Å². The van der Waals surface area contributed by atoms with Crippen molar-refractivity contribution < 1.29 is 14.4 Å². The minimum absolute atomic E-state index is 0.0375. The predicted molar refractivity (Wildman–Crippen MR) is 101 cm³/mol. The maximum absolute atomic E-state index is 12.8. The molecule has 2 rings (SSSR count). The molecule has 0 bridgehead atoms. The van der Waals surface area contributed by atoms with E-state index in [-0.39, 0.29) is 23.5 Å². The number of hydrogen-bond acceptors (Lipinski definition) is 4. The zero-order valence-corrected chi connectivity index (χ0v) is 15.9. The summed E-state index contributed by atoms with van der Waals surface area (Å²) in [6.45, 7) is 8.17. The van der Waals surface area contributed by atoms with Gasteiger partial charge < -0.3 is 10.6 Å². The smallest absolute Gasteiger partial charge is 0.234 e. The summed E-state index contributed by atoms with van der Waals surface area (Å²) in [7, 11) is 0. The predicted octanol–water partition coefficient (Wildman–Crippen LogP) is 1.45. The second-order valence-electron chi connectivity index (χ2n) is 7.07. The fourth-order valence-electron chi connectivity index (χ4n) is 3.36. The number of carbonyl (C=O) groups is 3. The SMILES string of the molecule is CC(=O)NCCNC(=O)CN1CCC(C(=O)c2ccc(C)cc2C)CC1. The maximum atomic E-state index is 12.8. The highest BCUT2D eigenvalue weighted by atomic mass is 16.2. The van der Waals surface area contributed by atoms with Crippen molar-refractivity contribution in [3.05, 3.63) is 34.9 Å². The highest BCUT2D eigenvalue weighted by Gasteiger charge is 2.27. The lowest BCUT2D eigenvalue weighted by atomic mass is 9.87. The van der Waals surface area contributed by atoms with Crippen LogP contribution in [0.1, 0.15) is 41.3 Å². The molecule has 142 valence electrons. The third kappa shape index (κ3) is 5.95. The number of likely N-dealkylation sites (tertiary alicyclic amines) is 1. The van der Waals surface area contributed by atoms with Gasteiger partial charge in [0.25, 0.3) is 0 Å². The Bertz CT molecular complexity index is 664. The molecule has 26 heavy (non-hydrogen) atoms. The van der Waals surface area contributed by atoms with Crippen LogP contribution in [0.3, 0.4) is 0 Å². The van der Waals surface area contributed by atoms with Gasteiger partial charge in [-0.25, -0.2) is 0 Å². The standard InChI is InChI=1S/C20H29N3O3/c1-14-4-5-18(15(2)12-14)20(26)17-6-10-23(11-7-17)13-19(25)22-9-8-21-16(3)24/h4-5,12,17H,6-11,13H2,1-3H3,(H,21,24)(H,22,25). The first-order chi connectivity index (χ1) is 12.4. The van der Waals surface area contributed by atoms with Crippen molar-refractivity contribution in [3.8, 4) is 0 Å². The van der Waals surface area contributed by atoms with Crippen molar-refractivity contribution >= 4 is 17.6 Å². The number of Topliss-reactive ketones (excluding diaryl/α,β-unsaturated/α-hetero) is 1. The summed E-state index contributed by atoms with van der Waals surface area (Å²) in [6.07, 6.45) is 1.57. The molecule has 6 nitrogen and oxygen atoms in total. The summed E-state index contributed by atoms with van der Waals surface area (Å²) in [4.78, 5) is 37.5. The molecule has 1 saturated heterocycles. The van der Waals surface area contributed by atoms with Gasteiger partial charge in [0, 0.05) is 31.5 Å². The summed E-state index contributed by atoms with van der Waals surface area (Å²) in [5.74, 6) is 0.113. The molecule has 1 aliphatic rings. The van der Waals surface area contributed by atoms with E-state index in [2.05, 4.69) is 15.5 Å². The van der Waals surface area contributed by atoms with E-state index in [0.29, 0.717) is 19.6 Å². The second-order valence-corrected chi connectivity index (χ2v) is 7.07. The molecule has 0 spiro atoms. The van der Waals surface area contributed by atoms with Gasteiger partial charge in [-0.05, 0) is 45.3 Å². The summed E-state index contributed by atoms with van der Waals surface area (Å²) < 4.78 is 0. The van der Waals surface area contributed by atoms with Gasteiger partial charge in [-0.1, -0.05) is 23.8 Å². The number of amides is 2. The Morgan fingerprint density at radius 3 is 2.35 bits per heavy atom. The van der Waals surface area contributed by atoms with Crippen LogP contribution in [0.25, 0.3) is 0 Å². The number of aryl methyl sites for hydroxylation is 2. The van der Waals surface area contributed by atoms with Gasteiger partial charge in [-0.3, -0.25) is 19.3 Å². The molecule has 1 aromatic rings. The van der Waals surface area contributed by atoms with Crippen LogP contribution in [0, 0.1) is 19.8 Å². The number of carbonyl (C=O) groups excluding carboxylic acids is 3. The molecular formula is C20H29N3O3. The van der Waals surface area contributed by atoms with E-state index >= 15 is 0 Å². The zero-order chi connectivity index (χ0) is 19.1. The van der Waals surface area contributed by atoms with Crippen LogP contribution in [0.5, 0.6) is 0 Å². The number of nitrogens with one attached hydrogen (secondary N) is 2. The molecular weight excluding hydrogens is 330 g/mol. The number of piperidine rings is 1. The molecule has 0 saturated carbocycles. The normalized spacial score (nSPS) is 15.5. The Morgan fingerprint density at radius 2 is 1.73 bits per heavy atom. The Labute approximate surface area is 155 Å². The number of hydrogen-bond donors (Lipinski definition) is 2. The van der Waals surface area contributed by atoms with E-state index < -0.39 is 0 Å². The van der Waals surface area contributed by atoms with Crippen molar-refractivity contribution in [3.63, 3.8) is 0 Å². The molecule has 2 amide bonds. The Balaban J connectivity index is 1.75. The Hall–Kier alpha value is -2.21. The first-order valence-electron chi connectivity index (χ1n) is 9.21. The topological polar surface area (TPSA) is 78.5 Å². The molecule has 0 atom stereocenters. The Morgan fingerprint density at radius 1 is 1.08 bits per heavy atom. The van der Waals surface area contributed by atoms with Crippen LogP contribution in [-0.4, -0.2) is 55.2 Å². The van der Waals surface area contributed by atoms with Crippen molar-refractivity contribution in [2.75, 3.05) is 32.7 Å². The molecule has 0 aromatic heterocycles. The van der Waals surface area contributed by atoms with Crippen LogP contribution in [0.15, 0.2) is 18.2 Å². The fraction of sp³-hybridized carbons (Fsp3) is 0.550. The number of nitrogens with zero attached hydrogens (tertiary/aromatic N) is 1. The lowest BCUT2D eigenvalue weighted by molar-refractivity contribution is -0.123. The van der Waals surface area contributed by atoms with E-state index in [1.165, 1.54) is 12.5 Å². The van der Waals surface area contributed by atoms with E-state index in [4.69, 9.17) is 0 Å². The molecule has 1 aliphatic heterocycles. The van der Waals surface area contributed by atoms with Crippen molar-refractivity contribution in [2.45, 2.75) is 33.6 Å². The highest BCUT2D eigenvalue weighted by molar-refractivity contribution is 5.99. The van der Waals surface area contributed by atoms with Crippen molar-refractivity contribution in [1.29, 1.82) is 0 Å². The number of rotatable bonds is 7. The van der Waals surface area contributed by atoms with Crippen LogP contribution in [-0.2, 0) is 9.59 Å². The van der Waals surface area contributed by atoms with Crippen molar-refractivity contribution in [2.24, 2.45) is 5.92 Å². The number of benzene rings is 1. The van der Waals surface area contributed by atoms with Crippen molar-refractivity contribution in [1.82, 2.24) is 15.5 Å². The minimum Gasteiger partial charge on any atom is -0.355 e. The van der Waals surface area contributed by atoms with Gasteiger partial charge in [0.15, 0.2) is 5.78 Å². The summed E-state index contributed by atoms with van der Waals surface area (Å²) in [5.41, 5.74) is 3.03. The van der Waals surface area contributed by atoms with E-state index in [1.807, 2.05) is 32.0 Å². The zero-order valence-electron chi connectivity index (χ0n) is 15.9. The van der Waals surface area contributed by atoms with E-state index in [0.717, 1.165) is 37.1 Å². The first kappa shape index (κ1) is 20.1. The lowest BCUT2D eigenvalue weighted by Gasteiger charge is -2.31. The van der Waals surface area contributed by atoms with E-state index in [9.17, 15) is 14.4 Å². The van der Waals surface area contributed by atoms with Gasteiger partial charge in [0.05, 0.1) is 6.54 Å².